The fraction of sp³-hybridized carbons (Fsp3) is 0.0800. The molecule has 0 atom stereocenters. The van der Waals surface area contributed by atoms with Gasteiger partial charge in [-0.2, -0.15) is 8.42 Å². The first-order chi connectivity index (χ1) is 17.5. The second kappa shape index (κ2) is 10.4. The Kier molecular flexibility index (Phi) is 7.39. The molecule has 3 aromatic rings. The summed E-state index contributed by atoms with van der Waals surface area (Å²) in [6.45, 7) is 1.83. The highest BCUT2D eigenvalue weighted by molar-refractivity contribution is 9.10. The Labute approximate surface area is 225 Å². The molecule has 0 aromatic heterocycles. The number of benzene rings is 3. The van der Waals surface area contributed by atoms with Crippen molar-refractivity contribution >= 4 is 67.3 Å². The predicted octanol–water partition coefficient (Wildman–Crippen LogP) is 4.85. The van der Waals surface area contributed by atoms with E-state index >= 15 is 0 Å². The summed E-state index contributed by atoms with van der Waals surface area (Å²) in [6, 6.07) is 14.0. The lowest BCUT2D eigenvalue weighted by Gasteiger charge is -2.26. The molecule has 1 N–H and O–H groups in total. The summed E-state index contributed by atoms with van der Waals surface area (Å²) < 4.78 is 36.4. The first-order valence-corrected chi connectivity index (χ1v) is 13.1. The second-order valence-corrected chi connectivity index (χ2v) is 10.7. The van der Waals surface area contributed by atoms with Gasteiger partial charge in [-0.05, 0) is 83.0 Å². The van der Waals surface area contributed by atoms with Crippen LogP contribution in [0.1, 0.15) is 11.1 Å². The van der Waals surface area contributed by atoms with Crippen LogP contribution in [0.3, 0.4) is 0 Å². The third kappa shape index (κ3) is 5.53. The molecule has 4 rings (SSSR count). The van der Waals surface area contributed by atoms with Crippen molar-refractivity contribution in [1.29, 1.82) is 0 Å². The average molecular weight is 606 g/mol. The number of ether oxygens (including phenoxy) is 1. The Bertz CT molecular complexity index is 1550. The van der Waals surface area contributed by atoms with E-state index in [9.17, 15) is 22.8 Å². The molecular formula is C25H18BrClN2O7S. The zero-order chi connectivity index (χ0) is 26.9. The number of methoxy groups -OCH3 is 1. The highest BCUT2D eigenvalue weighted by Crippen LogP contribution is 2.39. The number of aryl methyl sites for hydroxylation is 1. The van der Waals surface area contributed by atoms with Crippen LogP contribution < -0.4 is 19.1 Å². The number of hydrogen-bond acceptors (Lipinski definition) is 7. The quantitative estimate of drug-likeness (QED) is 0.242. The van der Waals surface area contributed by atoms with Crippen LogP contribution in [0.2, 0.25) is 5.02 Å². The highest BCUT2D eigenvalue weighted by Gasteiger charge is 2.37. The van der Waals surface area contributed by atoms with Crippen molar-refractivity contribution in [3.05, 3.63) is 86.9 Å². The van der Waals surface area contributed by atoms with Crippen molar-refractivity contribution in [2.45, 2.75) is 11.8 Å². The van der Waals surface area contributed by atoms with Gasteiger partial charge in [-0.25, -0.2) is 9.69 Å². The summed E-state index contributed by atoms with van der Waals surface area (Å²) in [5, 5.41) is 2.54. The Morgan fingerprint density at radius 3 is 2.27 bits per heavy atom. The number of carbonyl (C=O) groups is 3. The summed E-state index contributed by atoms with van der Waals surface area (Å²) in [4.78, 5) is 38.8. The van der Waals surface area contributed by atoms with Gasteiger partial charge in [-0.3, -0.25) is 14.9 Å². The zero-order valence-electron chi connectivity index (χ0n) is 19.3. The van der Waals surface area contributed by atoms with E-state index in [0.717, 1.165) is 10.5 Å². The SMILES string of the molecule is COc1cc(/C=C2\C(=O)NC(=O)N(c3ccc(Cl)cc3)C2=O)cc(Br)c1OS(=O)(=O)c1ccc(C)cc1. The maximum atomic E-state index is 13.1. The highest BCUT2D eigenvalue weighted by atomic mass is 79.9. The molecule has 1 heterocycles. The molecule has 0 aliphatic carbocycles. The smallest absolute Gasteiger partial charge is 0.339 e. The van der Waals surface area contributed by atoms with E-state index in [0.29, 0.717) is 10.6 Å². The normalized spacial score (nSPS) is 15.1. The average Bonchev–Trinajstić information content (AvgIpc) is 2.84. The van der Waals surface area contributed by atoms with Gasteiger partial charge in [0.2, 0.25) is 0 Å². The van der Waals surface area contributed by atoms with Crippen molar-refractivity contribution in [2.75, 3.05) is 12.0 Å². The summed E-state index contributed by atoms with van der Waals surface area (Å²) in [7, 11) is -2.88. The first-order valence-electron chi connectivity index (χ1n) is 10.6. The molecule has 0 unspecified atom stereocenters. The molecule has 4 amide bonds. The predicted molar refractivity (Wildman–Crippen MR) is 140 cm³/mol. The van der Waals surface area contributed by atoms with E-state index in [4.69, 9.17) is 20.5 Å². The number of urea groups is 1. The van der Waals surface area contributed by atoms with Crippen LogP contribution in [0.4, 0.5) is 10.5 Å². The standard InChI is InChI=1S/C25H18BrClN2O7S/c1-14-3-9-18(10-4-14)37(33,34)36-22-20(26)12-15(13-21(22)35-2)11-19-23(30)28-25(32)29(24(19)31)17-7-5-16(27)6-8-17/h3-13H,1-2H3,(H,28,30,32)/b19-11+. The minimum absolute atomic E-state index is 0.0196. The summed E-state index contributed by atoms with van der Waals surface area (Å²) in [5.74, 6) is -1.85. The van der Waals surface area contributed by atoms with E-state index in [-0.39, 0.29) is 32.1 Å². The Morgan fingerprint density at radius 2 is 1.65 bits per heavy atom. The lowest BCUT2D eigenvalue weighted by Crippen LogP contribution is -2.54. The van der Waals surface area contributed by atoms with Crippen LogP contribution in [0.25, 0.3) is 6.08 Å². The van der Waals surface area contributed by atoms with Gasteiger partial charge in [0.15, 0.2) is 11.5 Å². The molecule has 0 spiro atoms. The number of anilines is 1. The van der Waals surface area contributed by atoms with Gasteiger partial charge >= 0.3 is 16.1 Å². The molecule has 1 saturated heterocycles. The largest absolute Gasteiger partial charge is 0.493 e. The molecule has 0 saturated carbocycles. The maximum absolute atomic E-state index is 13.1. The number of rotatable bonds is 6. The van der Waals surface area contributed by atoms with Crippen LogP contribution in [-0.4, -0.2) is 33.4 Å². The Morgan fingerprint density at radius 1 is 1.00 bits per heavy atom. The van der Waals surface area contributed by atoms with Gasteiger partial charge < -0.3 is 8.92 Å². The van der Waals surface area contributed by atoms with Crippen molar-refractivity contribution in [1.82, 2.24) is 5.32 Å². The summed E-state index contributed by atoms with van der Waals surface area (Å²) in [6.07, 6.45) is 1.25. The van der Waals surface area contributed by atoms with Crippen molar-refractivity contribution in [3.8, 4) is 11.5 Å². The van der Waals surface area contributed by atoms with Crippen LogP contribution in [-0.2, 0) is 19.7 Å². The summed E-state index contributed by atoms with van der Waals surface area (Å²) >= 11 is 9.16. The number of amides is 4. The monoisotopic (exact) mass is 604 g/mol. The molecule has 1 aliphatic rings. The number of hydrogen-bond donors (Lipinski definition) is 1. The number of imide groups is 2. The molecular weight excluding hydrogens is 588 g/mol. The number of nitrogens with one attached hydrogen (secondary N) is 1. The Balaban J connectivity index is 1.69. The van der Waals surface area contributed by atoms with Crippen LogP contribution in [0.5, 0.6) is 11.5 Å². The zero-order valence-corrected chi connectivity index (χ0v) is 22.5. The van der Waals surface area contributed by atoms with E-state index in [2.05, 4.69) is 21.2 Å². The van der Waals surface area contributed by atoms with Gasteiger partial charge in [0.05, 0.1) is 17.3 Å². The van der Waals surface area contributed by atoms with Crippen molar-refractivity contribution < 1.29 is 31.7 Å². The van der Waals surface area contributed by atoms with Gasteiger partial charge in [-0.15, -0.1) is 0 Å². The lowest BCUT2D eigenvalue weighted by molar-refractivity contribution is -0.122. The van der Waals surface area contributed by atoms with Gasteiger partial charge in [0.1, 0.15) is 10.5 Å². The molecule has 37 heavy (non-hydrogen) atoms. The van der Waals surface area contributed by atoms with Crippen molar-refractivity contribution in [2.24, 2.45) is 0 Å². The Hall–Kier alpha value is -3.67. The van der Waals surface area contributed by atoms with Crippen molar-refractivity contribution in [3.63, 3.8) is 0 Å². The number of halogens is 2. The molecule has 12 heteroatoms. The van der Waals surface area contributed by atoms with E-state index in [1.54, 1.807) is 12.1 Å². The number of barbiturate groups is 1. The van der Waals surface area contributed by atoms with Crippen LogP contribution in [0.15, 0.2) is 75.6 Å². The third-order valence-corrected chi connectivity index (χ3v) is 7.33. The molecule has 1 fully saturated rings. The minimum atomic E-state index is -4.19. The number of carbonyl (C=O) groups excluding carboxylic acids is 3. The maximum Gasteiger partial charge on any atom is 0.339 e. The summed E-state index contributed by atoms with van der Waals surface area (Å²) in [5.41, 5.74) is 1.07. The third-order valence-electron chi connectivity index (χ3n) is 5.25. The molecule has 9 nitrogen and oxygen atoms in total. The van der Waals surface area contributed by atoms with Gasteiger partial charge in [-0.1, -0.05) is 29.3 Å². The van der Waals surface area contributed by atoms with Gasteiger partial charge in [0.25, 0.3) is 11.8 Å². The van der Waals surface area contributed by atoms with E-state index < -0.39 is 28.0 Å². The fourth-order valence-corrected chi connectivity index (χ4v) is 5.15. The topological polar surface area (TPSA) is 119 Å². The molecule has 0 bridgehead atoms. The lowest BCUT2D eigenvalue weighted by atomic mass is 10.1. The van der Waals surface area contributed by atoms with E-state index in [1.807, 2.05) is 6.92 Å². The van der Waals surface area contributed by atoms with Crippen LogP contribution in [0, 0.1) is 6.92 Å². The van der Waals surface area contributed by atoms with Gasteiger partial charge in [0, 0.05) is 5.02 Å². The fourth-order valence-electron chi connectivity index (χ4n) is 3.42. The molecule has 190 valence electrons. The molecule has 1 aliphatic heterocycles. The number of nitrogens with zero attached hydrogens (tertiary/aromatic N) is 1. The second-order valence-electron chi connectivity index (χ2n) is 7.82. The first kappa shape index (κ1) is 26.4. The molecule has 3 aromatic carbocycles. The minimum Gasteiger partial charge on any atom is -0.493 e. The molecule has 0 radical (unpaired) electrons. The van der Waals surface area contributed by atoms with Crippen LogP contribution >= 0.6 is 27.5 Å². The van der Waals surface area contributed by atoms with E-state index in [1.165, 1.54) is 61.7 Å².